The number of benzene rings is 2. The molecule has 0 spiro atoms. The van der Waals surface area contributed by atoms with E-state index in [1.165, 1.54) is 12.7 Å². The zero-order valence-electron chi connectivity index (χ0n) is 14.7. The largest absolute Gasteiger partial charge is 0.493 e. The second kappa shape index (κ2) is 7.62. The molecule has 0 bridgehead atoms. The first-order valence-corrected chi connectivity index (χ1v) is 8.16. The van der Waals surface area contributed by atoms with Crippen molar-refractivity contribution >= 4 is 17.3 Å². The highest BCUT2D eigenvalue weighted by Crippen LogP contribution is 2.30. The number of hydrogen-bond acceptors (Lipinski definition) is 5. The number of carbonyl (C=O) groups excluding carboxylic acids is 1. The van der Waals surface area contributed by atoms with Gasteiger partial charge in [-0.05, 0) is 30.2 Å². The summed E-state index contributed by atoms with van der Waals surface area (Å²) in [5.41, 5.74) is 2.80. The number of hydrogen-bond donors (Lipinski definition) is 1. The van der Waals surface area contributed by atoms with Gasteiger partial charge in [-0.15, -0.1) is 0 Å². The van der Waals surface area contributed by atoms with Crippen molar-refractivity contribution in [3.05, 3.63) is 59.8 Å². The fraction of sp³-hybridized carbons (Fsp3) is 0.200. The number of nitrogens with zero attached hydrogens (tertiary/aromatic N) is 2. The minimum Gasteiger partial charge on any atom is -0.493 e. The third kappa shape index (κ3) is 3.47. The Morgan fingerprint density at radius 3 is 2.69 bits per heavy atom. The molecular weight excluding hydrogens is 330 g/mol. The quantitative estimate of drug-likeness (QED) is 0.663. The number of nitriles is 1. The molecule has 0 saturated carbocycles. The van der Waals surface area contributed by atoms with E-state index in [0.717, 1.165) is 18.7 Å². The number of anilines is 2. The Balaban J connectivity index is 1.79. The zero-order valence-corrected chi connectivity index (χ0v) is 14.7. The van der Waals surface area contributed by atoms with Crippen LogP contribution < -0.4 is 19.7 Å². The molecule has 0 saturated heterocycles. The molecule has 0 aliphatic carbocycles. The Morgan fingerprint density at radius 2 is 1.96 bits per heavy atom. The van der Waals surface area contributed by atoms with E-state index in [9.17, 15) is 10.1 Å². The van der Waals surface area contributed by atoms with Crippen molar-refractivity contribution in [1.82, 2.24) is 0 Å². The van der Waals surface area contributed by atoms with Gasteiger partial charge >= 0.3 is 0 Å². The first-order chi connectivity index (χ1) is 12.7. The van der Waals surface area contributed by atoms with Crippen molar-refractivity contribution < 1.29 is 14.3 Å². The molecule has 3 rings (SSSR count). The maximum absolute atomic E-state index is 12.5. The molecule has 0 unspecified atom stereocenters. The van der Waals surface area contributed by atoms with Crippen molar-refractivity contribution in [3.8, 4) is 17.6 Å². The van der Waals surface area contributed by atoms with Gasteiger partial charge in [-0.25, -0.2) is 0 Å². The van der Waals surface area contributed by atoms with E-state index in [0.29, 0.717) is 17.2 Å². The first-order valence-electron chi connectivity index (χ1n) is 8.16. The number of methoxy groups -OCH3 is 2. The standard InChI is InChI=1S/C20H19N3O3/c1-25-18-8-7-16(11-19(18)26-2)22-20(24)15(12-21)13-23-10-9-14-5-3-4-6-17(14)23/h3-8,11,13H,9-10H2,1-2H3,(H,22,24)/b15-13-. The summed E-state index contributed by atoms with van der Waals surface area (Å²) in [6.45, 7) is 0.744. The molecule has 6 nitrogen and oxygen atoms in total. The van der Waals surface area contributed by atoms with Crippen LogP contribution in [-0.2, 0) is 11.2 Å². The van der Waals surface area contributed by atoms with E-state index in [1.54, 1.807) is 31.5 Å². The summed E-state index contributed by atoms with van der Waals surface area (Å²) in [5, 5.41) is 12.1. The first kappa shape index (κ1) is 17.4. The van der Waals surface area contributed by atoms with Gasteiger partial charge in [0.2, 0.25) is 0 Å². The van der Waals surface area contributed by atoms with Gasteiger partial charge in [0.05, 0.1) is 14.2 Å². The summed E-state index contributed by atoms with van der Waals surface area (Å²) < 4.78 is 10.4. The van der Waals surface area contributed by atoms with Crippen LogP contribution in [0.3, 0.4) is 0 Å². The maximum atomic E-state index is 12.5. The minimum absolute atomic E-state index is 0.0384. The molecule has 0 radical (unpaired) electrons. The predicted molar refractivity (Wildman–Crippen MR) is 99.4 cm³/mol. The normalized spacial score (nSPS) is 13.0. The van der Waals surface area contributed by atoms with Gasteiger partial charge in [0.15, 0.2) is 11.5 Å². The van der Waals surface area contributed by atoms with Crippen LogP contribution in [0.15, 0.2) is 54.2 Å². The second-order valence-electron chi connectivity index (χ2n) is 5.75. The maximum Gasteiger partial charge on any atom is 0.267 e. The molecule has 2 aromatic carbocycles. The van der Waals surface area contributed by atoms with Crippen LogP contribution in [-0.4, -0.2) is 26.7 Å². The smallest absolute Gasteiger partial charge is 0.267 e. The number of para-hydroxylation sites is 1. The summed E-state index contributed by atoms with van der Waals surface area (Å²) >= 11 is 0. The van der Waals surface area contributed by atoms with Gasteiger partial charge in [-0.1, -0.05) is 18.2 Å². The van der Waals surface area contributed by atoms with Crippen LogP contribution >= 0.6 is 0 Å². The van der Waals surface area contributed by atoms with Crippen molar-refractivity contribution in [2.75, 3.05) is 31.0 Å². The lowest BCUT2D eigenvalue weighted by Gasteiger charge is -2.15. The molecule has 0 fully saturated rings. The average molecular weight is 349 g/mol. The molecule has 6 heteroatoms. The number of rotatable bonds is 5. The summed E-state index contributed by atoms with van der Waals surface area (Å²) in [4.78, 5) is 14.4. The SMILES string of the molecule is COc1ccc(NC(=O)/C(C#N)=C\N2CCc3ccccc32)cc1OC. The number of nitrogens with one attached hydrogen (secondary N) is 1. The molecule has 1 heterocycles. The molecule has 0 atom stereocenters. The third-order valence-corrected chi connectivity index (χ3v) is 4.21. The van der Waals surface area contributed by atoms with E-state index in [-0.39, 0.29) is 5.57 Å². The summed E-state index contributed by atoms with van der Waals surface area (Å²) in [6.07, 6.45) is 2.49. The molecular formula is C20H19N3O3. The van der Waals surface area contributed by atoms with Gasteiger partial charge in [0.25, 0.3) is 5.91 Å². The number of ether oxygens (including phenoxy) is 2. The second-order valence-corrected chi connectivity index (χ2v) is 5.75. The molecule has 0 aromatic heterocycles. The highest BCUT2D eigenvalue weighted by Gasteiger charge is 2.19. The molecule has 1 aliphatic heterocycles. The Kier molecular flexibility index (Phi) is 5.09. The topological polar surface area (TPSA) is 74.6 Å². The monoisotopic (exact) mass is 349 g/mol. The highest BCUT2D eigenvalue weighted by molar-refractivity contribution is 6.07. The number of carbonyl (C=O) groups is 1. The molecule has 132 valence electrons. The average Bonchev–Trinajstić information content (AvgIpc) is 3.08. The fourth-order valence-corrected chi connectivity index (χ4v) is 2.90. The molecule has 1 N–H and O–H groups in total. The molecule has 2 aromatic rings. The van der Waals surface area contributed by atoms with Gasteiger partial charge in [0.1, 0.15) is 11.6 Å². The lowest BCUT2D eigenvalue weighted by molar-refractivity contribution is -0.112. The van der Waals surface area contributed by atoms with Crippen LogP contribution in [0.4, 0.5) is 11.4 Å². The Morgan fingerprint density at radius 1 is 1.19 bits per heavy atom. The van der Waals surface area contributed by atoms with Crippen molar-refractivity contribution in [2.24, 2.45) is 0 Å². The number of amides is 1. The van der Waals surface area contributed by atoms with E-state index < -0.39 is 5.91 Å². The fourth-order valence-electron chi connectivity index (χ4n) is 2.90. The van der Waals surface area contributed by atoms with Crippen LogP contribution in [0.25, 0.3) is 0 Å². The highest BCUT2D eigenvalue weighted by atomic mass is 16.5. The lowest BCUT2D eigenvalue weighted by atomic mass is 10.2. The van der Waals surface area contributed by atoms with Crippen LogP contribution in [0.2, 0.25) is 0 Å². The van der Waals surface area contributed by atoms with Gasteiger partial charge in [-0.3, -0.25) is 4.79 Å². The Bertz CT molecular complexity index is 899. The van der Waals surface area contributed by atoms with E-state index in [2.05, 4.69) is 11.4 Å². The van der Waals surface area contributed by atoms with Gasteiger partial charge in [0, 0.05) is 30.2 Å². The van der Waals surface area contributed by atoms with Crippen molar-refractivity contribution in [1.29, 1.82) is 5.26 Å². The Hall–Kier alpha value is -3.46. The van der Waals surface area contributed by atoms with E-state index in [1.807, 2.05) is 29.2 Å². The molecule has 1 amide bonds. The van der Waals surface area contributed by atoms with Crippen molar-refractivity contribution in [2.45, 2.75) is 6.42 Å². The minimum atomic E-state index is -0.468. The van der Waals surface area contributed by atoms with Crippen molar-refractivity contribution in [3.63, 3.8) is 0 Å². The molecule has 26 heavy (non-hydrogen) atoms. The lowest BCUT2D eigenvalue weighted by Crippen LogP contribution is -2.19. The summed E-state index contributed by atoms with van der Waals surface area (Å²) in [5.74, 6) is 0.598. The van der Waals surface area contributed by atoms with Gasteiger partial charge in [-0.2, -0.15) is 5.26 Å². The van der Waals surface area contributed by atoms with Crippen LogP contribution in [0.1, 0.15) is 5.56 Å². The van der Waals surface area contributed by atoms with Crippen LogP contribution in [0, 0.1) is 11.3 Å². The summed E-state index contributed by atoms with van der Waals surface area (Å²) in [6, 6.07) is 15.0. The van der Waals surface area contributed by atoms with E-state index in [4.69, 9.17) is 9.47 Å². The van der Waals surface area contributed by atoms with E-state index >= 15 is 0 Å². The number of fused-ring (bicyclic) bond motifs is 1. The summed E-state index contributed by atoms with van der Waals surface area (Å²) in [7, 11) is 3.06. The predicted octanol–water partition coefficient (Wildman–Crippen LogP) is 3.11. The van der Waals surface area contributed by atoms with Crippen LogP contribution in [0.5, 0.6) is 11.5 Å². The van der Waals surface area contributed by atoms with Gasteiger partial charge < -0.3 is 19.7 Å². The zero-order chi connectivity index (χ0) is 18.5. The third-order valence-electron chi connectivity index (χ3n) is 4.21. The molecule has 1 aliphatic rings. The Labute approximate surface area is 152 Å².